The molecule has 3 rings (SSSR count). The number of hydrogen-bond acceptors (Lipinski definition) is 4. The third-order valence-electron chi connectivity index (χ3n) is 4.73. The summed E-state index contributed by atoms with van der Waals surface area (Å²) in [5.74, 6) is 0.142. The molecule has 152 valence electrons. The fourth-order valence-electron chi connectivity index (χ4n) is 3.03. The molecular formula is C23H25NO4S. The van der Waals surface area contributed by atoms with Crippen LogP contribution in [-0.2, 0) is 16.7 Å². The van der Waals surface area contributed by atoms with Gasteiger partial charge in [0.2, 0.25) is 0 Å². The number of nitrogens with zero attached hydrogens (tertiary/aromatic N) is 1. The summed E-state index contributed by atoms with van der Waals surface area (Å²) in [7, 11) is -3.55. The summed E-state index contributed by atoms with van der Waals surface area (Å²) in [5.41, 5.74) is 1.54. The van der Waals surface area contributed by atoms with E-state index < -0.39 is 10.1 Å². The van der Waals surface area contributed by atoms with Crippen molar-refractivity contribution in [2.75, 3.05) is 5.75 Å². The van der Waals surface area contributed by atoms with Gasteiger partial charge in [-0.1, -0.05) is 42.5 Å². The summed E-state index contributed by atoms with van der Waals surface area (Å²) in [6.45, 7) is 5.90. The molecule has 0 atom stereocenters. The van der Waals surface area contributed by atoms with Crippen molar-refractivity contribution >= 4 is 26.8 Å². The maximum Gasteiger partial charge on any atom is 0.308 e. The van der Waals surface area contributed by atoms with Gasteiger partial charge in [-0.2, -0.15) is 8.42 Å². The van der Waals surface area contributed by atoms with Gasteiger partial charge in [0.1, 0.15) is 5.75 Å². The lowest BCUT2D eigenvalue weighted by molar-refractivity contribution is 0.0690. The minimum Gasteiger partial charge on any atom is -0.382 e. The molecule has 0 heterocycles. The minimum absolute atomic E-state index is 0.00497. The van der Waals surface area contributed by atoms with Gasteiger partial charge >= 0.3 is 10.1 Å². The molecule has 3 aromatic carbocycles. The van der Waals surface area contributed by atoms with E-state index in [1.807, 2.05) is 56.3 Å². The van der Waals surface area contributed by atoms with E-state index in [2.05, 4.69) is 0 Å². The van der Waals surface area contributed by atoms with Crippen molar-refractivity contribution in [2.24, 2.45) is 0 Å². The summed E-state index contributed by atoms with van der Waals surface area (Å²) in [6.07, 6.45) is 0. The first-order chi connectivity index (χ1) is 13.8. The molecule has 0 N–H and O–H groups in total. The fourth-order valence-corrected chi connectivity index (χ4v) is 3.55. The molecule has 0 aliphatic carbocycles. The minimum atomic E-state index is -3.55. The Morgan fingerprint density at radius 1 is 0.966 bits per heavy atom. The highest BCUT2D eigenvalue weighted by Gasteiger charge is 2.19. The molecule has 0 bridgehead atoms. The molecule has 0 unspecified atom stereocenters. The molecule has 6 heteroatoms. The standard InChI is InChI=1S/C23H25NO4S/c1-4-29(26,27)28-22-13-9-18(10-14-22)16-24(17(2)3)23(25)21-12-11-19-7-5-6-8-20(19)15-21/h5-15,17H,4,16H2,1-3H3. The Balaban J connectivity index is 1.79. The van der Waals surface area contributed by atoms with Crippen molar-refractivity contribution in [3.05, 3.63) is 77.9 Å². The van der Waals surface area contributed by atoms with E-state index in [9.17, 15) is 13.2 Å². The molecule has 5 nitrogen and oxygen atoms in total. The van der Waals surface area contributed by atoms with Crippen LogP contribution < -0.4 is 4.18 Å². The van der Waals surface area contributed by atoms with E-state index >= 15 is 0 Å². The largest absolute Gasteiger partial charge is 0.382 e. The van der Waals surface area contributed by atoms with E-state index in [0.717, 1.165) is 16.3 Å². The van der Waals surface area contributed by atoms with Gasteiger partial charge in [0.05, 0.1) is 5.75 Å². The smallest absolute Gasteiger partial charge is 0.308 e. The first-order valence-electron chi connectivity index (χ1n) is 9.60. The summed E-state index contributed by atoms with van der Waals surface area (Å²) in [4.78, 5) is 14.9. The Morgan fingerprint density at radius 2 is 1.62 bits per heavy atom. The molecule has 0 radical (unpaired) electrons. The zero-order valence-corrected chi connectivity index (χ0v) is 17.6. The predicted molar refractivity (Wildman–Crippen MR) is 115 cm³/mol. The zero-order chi connectivity index (χ0) is 21.0. The van der Waals surface area contributed by atoms with Gasteiger partial charge in [-0.05, 0) is 61.4 Å². The Labute approximate surface area is 172 Å². The van der Waals surface area contributed by atoms with Gasteiger partial charge in [0.25, 0.3) is 5.91 Å². The molecule has 0 aliphatic rings. The number of carbonyl (C=O) groups is 1. The monoisotopic (exact) mass is 411 g/mol. The van der Waals surface area contributed by atoms with Crippen LogP contribution in [0.4, 0.5) is 0 Å². The molecule has 0 fully saturated rings. The predicted octanol–water partition coefficient (Wildman–Crippen LogP) is 4.62. The van der Waals surface area contributed by atoms with Crippen molar-refractivity contribution in [1.82, 2.24) is 4.90 Å². The van der Waals surface area contributed by atoms with Crippen molar-refractivity contribution < 1.29 is 17.4 Å². The van der Waals surface area contributed by atoms with Gasteiger partial charge in [0, 0.05) is 18.2 Å². The van der Waals surface area contributed by atoms with Gasteiger partial charge in [-0.15, -0.1) is 0 Å². The van der Waals surface area contributed by atoms with Crippen LogP contribution >= 0.6 is 0 Å². The highest BCUT2D eigenvalue weighted by molar-refractivity contribution is 7.87. The number of benzene rings is 3. The van der Waals surface area contributed by atoms with Crippen LogP contribution in [0.15, 0.2) is 66.7 Å². The topological polar surface area (TPSA) is 63.7 Å². The molecule has 3 aromatic rings. The van der Waals surface area contributed by atoms with Gasteiger partial charge < -0.3 is 9.08 Å². The van der Waals surface area contributed by atoms with Crippen LogP contribution in [0.5, 0.6) is 5.75 Å². The van der Waals surface area contributed by atoms with E-state index in [0.29, 0.717) is 12.1 Å². The molecule has 0 aliphatic heterocycles. The average molecular weight is 412 g/mol. The van der Waals surface area contributed by atoms with Crippen molar-refractivity contribution in [3.8, 4) is 5.75 Å². The number of rotatable bonds is 7. The molecular weight excluding hydrogens is 386 g/mol. The highest BCUT2D eigenvalue weighted by atomic mass is 32.2. The van der Waals surface area contributed by atoms with Crippen LogP contribution in [0, 0.1) is 0 Å². The Kier molecular flexibility index (Phi) is 6.23. The Morgan fingerprint density at radius 3 is 2.24 bits per heavy atom. The Hall–Kier alpha value is -2.86. The van der Waals surface area contributed by atoms with Gasteiger partial charge in [-0.3, -0.25) is 4.79 Å². The number of amides is 1. The Bertz CT molecular complexity index is 1110. The van der Waals surface area contributed by atoms with Crippen LogP contribution in [0.2, 0.25) is 0 Å². The summed E-state index contributed by atoms with van der Waals surface area (Å²) in [6, 6.07) is 20.5. The quantitative estimate of drug-likeness (QED) is 0.532. The van der Waals surface area contributed by atoms with Crippen LogP contribution in [-0.4, -0.2) is 31.0 Å². The normalized spacial score (nSPS) is 11.6. The van der Waals surface area contributed by atoms with E-state index in [1.165, 1.54) is 6.92 Å². The lowest BCUT2D eigenvalue weighted by Gasteiger charge is -2.27. The molecule has 0 saturated carbocycles. The van der Waals surface area contributed by atoms with E-state index in [-0.39, 0.29) is 23.5 Å². The fraction of sp³-hybridized carbons (Fsp3) is 0.261. The maximum absolute atomic E-state index is 13.1. The van der Waals surface area contributed by atoms with Crippen molar-refractivity contribution in [3.63, 3.8) is 0 Å². The lowest BCUT2D eigenvalue weighted by atomic mass is 10.1. The summed E-state index contributed by atoms with van der Waals surface area (Å²) >= 11 is 0. The zero-order valence-electron chi connectivity index (χ0n) is 16.8. The first kappa shape index (κ1) is 20.9. The van der Waals surface area contributed by atoms with Gasteiger partial charge in [0.15, 0.2) is 0 Å². The van der Waals surface area contributed by atoms with Gasteiger partial charge in [-0.25, -0.2) is 0 Å². The third kappa shape index (κ3) is 5.15. The van der Waals surface area contributed by atoms with Crippen LogP contribution in [0.1, 0.15) is 36.7 Å². The van der Waals surface area contributed by atoms with Crippen molar-refractivity contribution in [1.29, 1.82) is 0 Å². The molecule has 29 heavy (non-hydrogen) atoms. The summed E-state index contributed by atoms with van der Waals surface area (Å²) in [5, 5.41) is 2.12. The molecule has 0 aromatic heterocycles. The average Bonchev–Trinajstić information content (AvgIpc) is 2.72. The second-order valence-electron chi connectivity index (χ2n) is 7.16. The second kappa shape index (κ2) is 8.66. The number of fused-ring (bicyclic) bond motifs is 1. The second-order valence-corrected chi connectivity index (χ2v) is 9.02. The first-order valence-corrected chi connectivity index (χ1v) is 11.2. The maximum atomic E-state index is 13.1. The lowest BCUT2D eigenvalue weighted by Crippen LogP contribution is -2.36. The van der Waals surface area contributed by atoms with E-state index in [1.54, 1.807) is 29.2 Å². The molecule has 0 spiro atoms. The number of carbonyl (C=O) groups excluding carboxylic acids is 1. The van der Waals surface area contributed by atoms with Crippen LogP contribution in [0.3, 0.4) is 0 Å². The molecule has 0 saturated heterocycles. The third-order valence-corrected chi connectivity index (χ3v) is 5.89. The number of hydrogen-bond donors (Lipinski definition) is 0. The highest BCUT2D eigenvalue weighted by Crippen LogP contribution is 2.21. The van der Waals surface area contributed by atoms with E-state index in [4.69, 9.17) is 4.18 Å². The van der Waals surface area contributed by atoms with Crippen molar-refractivity contribution in [2.45, 2.75) is 33.4 Å². The SMILES string of the molecule is CCS(=O)(=O)Oc1ccc(CN(C(=O)c2ccc3ccccc3c2)C(C)C)cc1. The molecule has 1 amide bonds. The summed E-state index contributed by atoms with van der Waals surface area (Å²) < 4.78 is 28.2. The van der Waals surface area contributed by atoms with Crippen LogP contribution in [0.25, 0.3) is 10.8 Å².